The van der Waals surface area contributed by atoms with Crippen LogP contribution in [-0.2, 0) is 14.4 Å². The Kier molecular flexibility index (Phi) is 9.19. The van der Waals surface area contributed by atoms with E-state index in [0.29, 0.717) is 36.6 Å². The Bertz CT molecular complexity index is 1120. The lowest BCUT2D eigenvalue weighted by atomic mass is 9.65. The van der Waals surface area contributed by atoms with Crippen LogP contribution in [0, 0.1) is 24.7 Å². The number of halogens is 1. The number of fused-ring (bicyclic) bond motifs is 1. The van der Waals surface area contributed by atoms with Crippen LogP contribution in [0.15, 0.2) is 43.5 Å². The molecule has 1 N–H and O–H groups in total. The molecule has 3 amide bonds. The summed E-state index contributed by atoms with van der Waals surface area (Å²) in [6.07, 6.45) is 6.19. The minimum atomic E-state index is -0.729. The molecule has 3 aliphatic heterocycles. The first kappa shape index (κ1) is 29.7. The van der Waals surface area contributed by atoms with Gasteiger partial charge in [0.25, 0.3) is 5.91 Å². The zero-order valence-electron chi connectivity index (χ0n) is 23.1. The molecular formula is C30H40ClN3O4S. The van der Waals surface area contributed by atoms with Crippen molar-refractivity contribution in [3.63, 3.8) is 0 Å². The van der Waals surface area contributed by atoms with Gasteiger partial charge in [-0.1, -0.05) is 42.8 Å². The standard InChI is InChI=1S/C30H40ClN3O4S/c1-6-14-32(5)27(36)23-22-18-20(4)30(39-22)24(23)28(37)34(16-9-8-10-17-35)26(30)29(38)33(15-7-2)25-19(3)12-11-13-21(25)31/h6-7,11-13,20,22-24,26,35H,1-2,8-10,14-18H2,3-5H3/t20?,22-,23+,24-,26?,30?/m0/s1. The number of benzene rings is 1. The Hall–Kier alpha value is -2.29. The van der Waals surface area contributed by atoms with Crippen molar-refractivity contribution in [1.29, 1.82) is 0 Å². The van der Waals surface area contributed by atoms with E-state index in [9.17, 15) is 19.5 Å². The summed E-state index contributed by atoms with van der Waals surface area (Å²) in [6, 6.07) is 4.81. The van der Waals surface area contributed by atoms with Gasteiger partial charge < -0.3 is 19.8 Å². The largest absolute Gasteiger partial charge is 0.396 e. The molecular weight excluding hydrogens is 534 g/mol. The van der Waals surface area contributed by atoms with E-state index >= 15 is 0 Å². The zero-order valence-corrected chi connectivity index (χ0v) is 24.7. The Labute approximate surface area is 241 Å². The van der Waals surface area contributed by atoms with Gasteiger partial charge in [0.2, 0.25) is 11.8 Å². The van der Waals surface area contributed by atoms with Gasteiger partial charge in [0.1, 0.15) is 6.04 Å². The second-order valence-corrected chi connectivity index (χ2v) is 13.0. The predicted octanol–water partition coefficient (Wildman–Crippen LogP) is 4.31. The quantitative estimate of drug-likeness (QED) is 0.298. The second kappa shape index (κ2) is 12.1. The van der Waals surface area contributed by atoms with Gasteiger partial charge in [-0.3, -0.25) is 14.4 Å². The van der Waals surface area contributed by atoms with E-state index in [0.717, 1.165) is 18.4 Å². The van der Waals surface area contributed by atoms with Crippen LogP contribution >= 0.6 is 23.4 Å². The highest BCUT2D eigenvalue weighted by Gasteiger charge is 2.76. The van der Waals surface area contributed by atoms with Gasteiger partial charge in [-0.05, 0) is 50.2 Å². The fraction of sp³-hybridized carbons (Fsp3) is 0.567. The maximum Gasteiger partial charge on any atom is 0.251 e. The Morgan fingerprint density at radius 2 is 1.92 bits per heavy atom. The summed E-state index contributed by atoms with van der Waals surface area (Å²) < 4.78 is -0.709. The van der Waals surface area contributed by atoms with Crippen LogP contribution < -0.4 is 4.90 Å². The maximum absolute atomic E-state index is 14.7. The number of rotatable bonds is 12. The number of anilines is 1. The van der Waals surface area contributed by atoms with Gasteiger partial charge in [-0.2, -0.15) is 0 Å². The number of likely N-dealkylation sites (N-methyl/N-ethyl adjacent to an activating group) is 1. The second-order valence-electron chi connectivity index (χ2n) is 11.0. The number of para-hydroxylation sites is 1. The van der Waals surface area contributed by atoms with E-state index < -0.39 is 22.6 Å². The van der Waals surface area contributed by atoms with Gasteiger partial charge in [0, 0.05) is 38.5 Å². The SMILES string of the molecule is C=CCN(C)C(=O)[C@@H]1[C@@H]2CC(C)C3(S2)C(C(=O)N(CC=C)c2c(C)cccc2Cl)N(CCCCCO)C(=O)[C@H]13. The molecule has 6 atom stereocenters. The predicted molar refractivity (Wildman–Crippen MR) is 158 cm³/mol. The fourth-order valence-corrected chi connectivity index (χ4v) is 9.70. The van der Waals surface area contributed by atoms with Crippen molar-refractivity contribution in [3.8, 4) is 0 Å². The summed E-state index contributed by atoms with van der Waals surface area (Å²) in [4.78, 5) is 47.8. The molecule has 3 heterocycles. The number of carbonyl (C=O) groups is 3. The van der Waals surface area contributed by atoms with Crippen LogP contribution in [0.2, 0.25) is 5.02 Å². The number of amides is 3. The van der Waals surface area contributed by atoms with Gasteiger partial charge in [0.15, 0.2) is 0 Å². The summed E-state index contributed by atoms with van der Waals surface area (Å²) in [6.45, 7) is 12.8. The lowest BCUT2D eigenvalue weighted by Gasteiger charge is -2.41. The highest BCUT2D eigenvalue weighted by molar-refractivity contribution is 8.02. The Balaban J connectivity index is 1.80. The normalized spacial score (nSPS) is 28.9. The molecule has 0 radical (unpaired) electrons. The summed E-state index contributed by atoms with van der Waals surface area (Å²) in [5.74, 6) is -1.32. The van der Waals surface area contributed by atoms with E-state index in [1.54, 1.807) is 51.7 Å². The lowest BCUT2D eigenvalue weighted by molar-refractivity contribution is -0.143. The highest BCUT2D eigenvalue weighted by Crippen LogP contribution is 2.69. The van der Waals surface area contributed by atoms with Crippen molar-refractivity contribution in [1.82, 2.24) is 9.80 Å². The molecule has 0 aromatic heterocycles. The number of nitrogens with zero attached hydrogens (tertiary/aromatic N) is 3. The van der Waals surface area contributed by atoms with Gasteiger partial charge in [-0.25, -0.2) is 0 Å². The van der Waals surface area contributed by atoms with Gasteiger partial charge >= 0.3 is 0 Å². The number of aryl methyl sites for hydroxylation is 1. The summed E-state index contributed by atoms with van der Waals surface area (Å²) in [5, 5.41) is 9.73. The average molecular weight is 574 g/mol. The third-order valence-corrected chi connectivity index (χ3v) is 11.0. The van der Waals surface area contributed by atoms with Crippen molar-refractivity contribution in [2.75, 3.05) is 38.2 Å². The molecule has 0 saturated carbocycles. The number of unbranched alkanes of at least 4 members (excludes halogenated alkanes) is 2. The van der Waals surface area contributed by atoms with Crippen LogP contribution in [0.25, 0.3) is 0 Å². The average Bonchev–Trinajstić information content (AvgIpc) is 3.49. The number of hydrogen-bond acceptors (Lipinski definition) is 5. The lowest BCUT2D eigenvalue weighted by Crippen LogP contribution is -2.57. The van der Waals surface area contributed by atoms with E-state index in [1.807, 2.05) is 19.1 Å². The molecule has 2 bridgehead atoms. The number of thioether (sulfide) groups is 1. The number of hydrogen-bond donors (Lipinski definition) is 1. The van der Waals surface area contributed by atoms with E-state index in [-0.39, 0.29) is 42.0 Å². The summed E-state index contributed by atoms with van der Waals surface area (Å²) in [5.41, 5.74) is 1.49. The van der Waals surface area contributed by atoms with Gasteiger partial charge in [0.05, 0.1) is 27.3 Å². The minimum Gasteiger partial charge on any atom is -0.396 e. The molecule has 3 saturated heterocycles. The van der Waals surface area contributed by atoms with Gasteiger partial charge in [-0.15, -0.1) is 24.9 Å². The molecule has 1 spiro atoms. The first-order chi connectivity index (χ1) is 18.6. The Morgan fingerprint density at radius 3 is 2.56 bits per heavy atom. The highest BCUT2D eigenvalue weighted by atomic mass is 35.5. The molecule has 1 aromatic carbocycles. The number of aliphatic hydroxyl groups is 1. The van der Waals surface area contributed by atoms with Crippen LogP contribution in [0.3, 0.4) is 0 Å². The zero-order chi connectivity index (χ0) is 28.5. The molecule has 3 unspecified atom stereocenters. The molecule has 9 heteroatoms. The van der Waals surface area contributed by atoms with Crippen LogP contribution in [-0.4, -0.2) is 82.0 Å². The van der Waals surface area contributed by atoms with Crippen molar-refractivity contribution < 1.29 is 19.5 Å². The third-order valence-electron chi connectivity index (χ3n) is 8.64. The molecule has 3 aliphatic rings. The summed E-state index contributed by atoms with van der Waals surface area (Å²) in [7, 11) is 1.75. The van der Waals surface area contributed by atoms with Crippen LogP contribution in [0.1, 0.15) is 38.2 Å². The van der Waals surface area contributed by atoms with E-state index in [2.05, 4.69) is 20.1 Å². The van der Waals surface area contributed by atoms with Crippen LogP contribution in [0.4, 0.5) is 5.69 Å². The van der Waals surface area contributed by atoms with E-state index in [4.69, 9.17) is 11.6 Å². The molecule has 7 nitrogen and oxygen atoms in total. The molecule has 4 rings (SSSR count). The molecule has 212 valence electrons. The van der Waals surface area contributed by atoms with Crippen molar-refractivity contribution >= 4 is 46.8 Å². The third kappa shape index (κ3) is 4.93. The van der Waals surface area contributed by atoms with E-state index in [1.165, 1.54) is 0 Å². The number of aliphatic hydroxyl groups excluding tert-OH is 1. The first-order valence-electron chi connectivity index (χ1n) is 13.8. The molecule has 0 aliphatic carbocycles. The van der Waals surface area contributed by atoms with Crippen molar-refractivity contribution in [2.45, 2.75) is 55.6 Å². The summed E-state index contributed by atoms with van der Waals surface area (Å²) >= 11 is 8.32. The number of likely N-dealkylation sites (tertiary alicyclic amines) is 1. The van der Waals surface area contributed by atoms with Crippen LogP contribution in [0.5, 0.6) is 0 Å². The maximum atomic E-state index is 14.7. The first-order valence-corrected chi connectivity index (χ1v) is 15.0. The molecule has 1 aromatic rings. The minimum absolute atomic E-state index is 0.0181. The van der Waals surface area contributed by atoms with Crippen molar-refractivity contribution in [3.05, 3.63) is 54.1 Å². The number of carbonyl (C=O) groups excluding carboxylic acids is 3. The topological polar surface area (TPSA) is 81.2 Å². The fourth-order valence-electron chi connectivity index (χ4n) is 6.96. The van der Waals surface area contributed by atoms with Crippen molar-refractivity contribution in [2.24, 2.45) is 17.8 Å². The smallest absolute Gasteiger partial charge is 0.251 e. The molecule has 3 fully saturated rings. The molecule has 39 heavy (non-hydrogen) atoms. The monoisotopic (exact) mass is 573 g/mol. The Morgan fingerprint density at radius 1 is 1.21 bits per heavy atom.